The molecule has 0 N–H and O–H groups in total. The lowest BCUT2D eigenvalue weighted by molar-refractivity contribution is -0.140. The molecule has 1 heterocycles. The van der Waals surface area contributed by atoms with Crippen molar-refractivity contribution in [2.24, 2.45) is 17.0 Å². The third-order valence-electron chi connectivity index (χ3n) is 3.32. The zero-order chi connectivity index (χ0) is 17.5. The minimum absolute atomic E-state index is 0.150. The van der Waals surface area contributed by atoms with Gasteiger partial charge in [-0.2, -0.15) is 0 Å². The van der Waals surface area contributed by atoms with Crippen LogP contribution in [-0.4, -0.2) is 40.6 Å². The lowest BCUT2D eigenvalue weighted by Crippen LogP contribution is -2.31. The minimum atomic E-state index is -0.584. The molecule has 1 aliphatic heterocycles. The summed E-state index contributed by atoms with van der Waals surface area (Å²) < 4.78 is 12.0. The molecule has 0 aromatic heterocycles. The van der Waals surface area contributed by atoms with Gasteiger partial charge in [0.25, 0.3) is 0 Å². The number of ether oxygens (including phenoxy) is 2. The molecular weight excluding hydrogens is 330 g/mol. The van der Waals surface area contributed by atoms with Gasteiger partial charge in [-0.05, 0) is 49.1 Å². The first-order valence-electron chi connectivity index (χ1n) is 8.32. The van der Waals surface area contributed by atoms with Crippen LogP contribution in [0.15, 0.2) is 5.11 Å². The van der Waals surface area contributed by atoms with Crippen molar-refractivity contribution in [2.75, 3.05) is 18.1 Å². The molecule has 1 fully saturated rings. The fourth-order valence-corrected chi connectivity index (χ4v) is 4.95. The lowest BCUT2D eigenvalue weighted by atomic mass is 10.1. The maximum Gasteiger partial charge on any atom is 0.163 e. The smallest absolute Gasteiger partial charge is 0.163 e. The maximum absolute atomic E-state index is 8.92. The third kappa shape index (κ3) is 8.54. The third-order valence-corrected chi connectivity index (χ3v) is 6.99. The van der Waals surface area contributed by atoms with Crippen LogP contribution in [0.25, 0.3) is 10.4 Å². The van der Waals surface area contributed by atoms with E-state index in [2.05, 4.69) is 37.7 Å². The minimum Gasteiger partial charge on any atom is -0.348 e. The summed E-state index contributed by atoms with van der Waals surface area (Å²) >= 11 is 3.94. The van der Waals surface area contributed by atoms with Gasteiger partial charge < -0.3 is 9.47 Å². The number of nitrogens with zero attached hydrogens (tertiary/aromatic N) is 3. The Balaban J connectivity index is 2.68. The second kappa shape index (κ2) is 10.0. The van der Waals surface area contributed by atoms with E-state index in [4.69, 9.17) is 15.0 Å². The zero-order valence-electron chi connectivity index (χ0n) is 15.2. The predicted molar refractivity (Wildman–Crippen MR) is 101 cm³/mol. The molecule has 134 valence electrons. The van der Waals surface area contributed by atoms with Crippen molar-refractivity contribution in [2.45, 2.75) is 70.5 Å². The molecular formula is C16H31N3O2S2. The number of rotatable bonds is 10. The molecule has 2 atom stereocenters. The van der Waals surface area contributed by atoms with Gasteiger partial charge in [-0.25, -0.2) is 0 Å². The summed E-state index contributed by atoms with van der Waals surface area (Å²) in [7, 11) is 0. The van der Waals surface area contributed by atoms with Crippen LogP contribution in [0.1, 0.15) is 48.0 Å². The molecule has 1 saturated heterocycles. The quantitative estimate of drug-likeness (QED) is 0.229. The predicted octanol–water partition coefficient (Wildman–Crippen LogP) is 5.31. The van der Waals surface area contributed by atoms with Gasteiger partial charge in [-0.3, -0.25) is 0 Å². The van der Waals surface area contributed by atoms with Gasteiger partial charge in [0.05, 0.1) is 23.3 Å². The highest BCUT2D eigenvalue weighted by molar-refractivity contribution is 8.17. The van der Waals surface area contributed by atoms with E-state index in [1.807, 2.05) is 37.4 Å². The van der Waals surface area contributed by atoms with E-state index in [9.17, 15) is 0 Å². The van der Waals surface area contributed by atoms with E-state index < -0.39 is 5.79 Å². The van der Waals surface area contributed by atoms with Crippen molar-refractivity contribution < 1.29 is 9.47 Å². The molecule has 23 heavy (non-hydrogen) atoms. The van der Waals surface area contributed by atoms with E-state index in [0.717, 1.165) is 17.9 Å². The number of thioether (sulfide) groups is 2. The van der Waals surface area contributed by atoms with E-state index in [0.29, 0.717) is 23.0 Å². The maximum atomic E-state index is 8.92. The van der Waals surface area contributed by atoms with Gasteiger partial charge >= 0.3 is 0 Å². The van der Waals surface area contributed by atoms with Crippen LogP contribution in [0, 0.1) is 11.8 Å². The Hall–Kier alpha value is -0.0700. The second-order valence-corrected chi connectivity index (χ2v) is 10.0. The molecule has 0 aromatic carbocycles. The average molecular weight is 362 g/mol. The second-order valence-electron chi connectivity index (χ2n) is 7.26. The first kappa shape index (κ1) is 21.0. The topological polar surface area (TPSA) is 67.2 Å². The van der Waals surface area contributed by atoms with Gasteiger partial charge in [0, 0.05) is 4.91 Å². The standard InChI is InChI=1S/C16H31N3O2S2/c1-11(2)9-22-15(23-10-12(3)4)7-13(18-19-17)14-8-20-16(5,6)21-14/h11-15H,7-10H2,1-6H3/t13-,14+/m0/s1. The van der Waals surface area contributed by atoms with Crippen molar-refractivity contribution in [1.82, 2.24) is 0 Å². The van der Waals surface area contributed by atoms with Gasteiger partial charge in [-0.1, -0.05) is 32.8 Å². The molecule has 0 bridgehead atoms. The Bertz CT molecular complexity index is 387. The first-order chi connectivity index (χ1) is 10.7. The molecule has 0 radical (unpaired) electrons. The van der Waals surface area contributed by atoms with Crippen molar-refractivity contribution in [3.05, 3.63) is 10.4 Å². The molecule has 0 saturated carbocycles. The number of hydrogen-bond donors (Lipinski definition) is 0. The van der Waals surface area contributed by atoms with Crippen LogP contribution >= 0.6 is 23.5 Å². The summed E-state index contributed by atoms with van der Waals surface area (Å²) in [6, 6.07) is -0.175. The normalized spacial score (nSPS) is 21.9. The number of hydrogen-bond acceptors (Lipinski definition) is 5. The monoisotopic (exact) mass is 361 g/mol. The van der Waals surface area contributed by atoms with Crippen LogP contribution in [0.4, 0.5) is 0 Å². The van der Waals surface area contributed by atoms with Crippen molar-refractivity contribution in [3.63, 3.8) is 0 Å². The fraction of sp³-hybridized carbons (Fsp3) is 1.00. The largest absolute Gasteiger partial charge is 0.348 e. The molecule has 5 nitrogen and oxygen atoms in total. The van der Waals surface area contributed by atoms with Crippen LogP contribution in [0.2, 0.25) is 0 Å². The molecule has 1 aliphatic rings. The summed E-state index contributed by atoms with van der Waals surface area (Å²) in [6.07, 6.45) is 0.672. The Morgan fingerprint density at radius 1 is 1.17 bits per heavy atom. The van der Waals surface area contributed by atoms with Crippen LogP contribution in [-0.2, 0) is 9.47 Å². The van der Waals surface area contributed by atoms with E-state index in [-0.39, 0.29) is 12.1 Å². The Kier molecular flexibility index (Phi) is 9.16. The highest BCUT2D eigenvalue weighted by atomic mass is 32.2. The number of azide groups is 1. The van der Waals surface area contributed by atoms with Crippen LogP contribution in [0.3, 0.4) is 0 Å². The highest BCUT2D eigenvalue weighted by Crippen LogP contribution is 2.35. The van der Waals surface area contributed by atoms with E-state index in [1.165, 1.54) is 0 Å². The average Bonchev–Trinajstić information content (AvgIpc) is 2.80. The van der Waals surface area contributed by atoms with Gasteiger partial charge in [0.2, 0.25) is 0 Å². The van der Waals surface area contributed by atoms with E-state index in [1.54, 1.807) is 0 Å². The molecule has 0 unspecified atom stereocenters. The molecule has 0 aromatic rings. The summed E-state index contributed by atoms with van der Waals surface area (Å²) in [5.74, 6) is 2.97. The first-order valence-corrected chi connectivity index (χ1v) is 10.4. The van der Waals surface area contributed by atoms with Crippen LogP contribution in [0.5, 0.6) is 0 Å². The summed E-state index contributed by atoms with van der Waals surface area (Å²) in [6.45, 7) is 13.2. The van der Waals surface area contributed by atoms with Gasteiger partial charge in [-0.15, -0.1) is 23.5 Å². The lowest BCUT2D eigenvalue weighted by Gasteiger charge is -2.25. The zero-order valence-corrected chi connectivity index (χ0v) is 16.8. The van der Waals surface area contributed by atoms with Gasteiger partial charge in [0.15, 0.2) is 5.79 Å². The Morgan fingerprint density at radius 3 is 2.13 bits per heavy atom. The fourth-order valence-electron chi connectivity index (χ4n) is 2.23. The summed E-state index contributed by atoms with van der Waals surface area (Å²) in [5, 5.41) is 4.01. The summed E-state index contributed by atoms with van der Waals surface area (Å²) in [5.41, 5.74) is 8.92. The van der Waals surface area contributed by atoms with Crippen molar-refractivity contribution in [1.29, 1.82) is 0 Å². The van der Waals surface area contributed by atoms with Crippen molar-refractivity contribution >= 4 is 23.5 Å². The molecule has 7 heteroatoms. The molecule has 0 amide bonds. The molecule has 1 rings (SSSR count). The van der Waals surface area contributed by atoms with Crippen molar-refractivity contribution in [3.8, 4) is 0 Å². The van der Waals surface area contributed by atoms with Crippen LogP contribution < -0.4 is 0 Å². The SMILES string of the molecule is CC(C)CSC(C[C@H](N=[N+]=[N-])[C@H]1COC(C)(C)O1)SCC(C)C. The summed E-state index contributed by atoms with van der Waals surface area (Å²) in [4.78, 5) is 3.04. The van der Waals surface area contributed by atoms with Gasteiger partial charge in [0.1, 0.15) is 0 Å². The highest BCUT2D eigenvalue weighted by Gasteiger charge is 2.38. The van der Waals surface area contributed by atoms with E-state index >= 15 is 0 Å². The Labute approximate surface area is 149 Å². The molecule has 0 spiro atoms. The molecule has 0 aliphatic carbocycles. The Morgan fingerprint density at radius 2 is 1.74 bits per heavy atom.